The van der Waals surface area contributed by atoms with E-state index in [9.17, 15) is 26.3 Å². The highest BCUT2D eigenvalue weighted by Gasteiger charge is 2.34. The Morgan fingerprint density at radius 3 is 2.44 bits per heavy atom. The standard InChI is InChI=1S/C9H4F6N2O/c10-6-5(18-9(13,14)15)3-4(1-2-16)17-7(6)8(11)12/h3,8H,1H2. The van der Waals surface area contributed by atoms with Crippen molar-refractivity contribution in [3.63, 3.8) is 0 Å². The van der Waals surface area contributed by atoms with Crippen molar-refractivity contribution in [2.75, 3.05) is 0 Å². The van der Waals surface area contributed by atoms with Crippen LogP contribution < -0.4 is 4.74 Å². The van der Waals surface area contributed by atoms with Gasteiger partial charge in [-0.3, -0.25) is 0 Å². The van der Waals surface area contributed by atoms with Gasteiger partial charge in [0.05, 0.1) is 18.2 Å². The summed E-state index contributed by atoms with van der Waals surface area (Å²) in [4.78, 5) is 3.06. The maximum absolute atomic E-state index is 13.2. The Morgan fingerprint density at radius 2 is 2.00 bits per heavy atom. The van der Waals surface area contributed by atoms with E-state index in [2.05, 4.69) is 9.72 Å². The number of hydrogen-bond acceptors (Lipinski definition) is 3. The van der Waals surface area contributed by atoms with E-state index in [4.69, 9.17) is 5.26 Å². The molecule has 0 radical (unpaired) electrons. The van der Waals surface area contributed by atoms with Crippen molar-refractivity contribution in [3.05, 3.63) is 23.3 Å². The van der Waals surface area contributed by atoms with E-state index in [0.29, 0.717) is 6.07 Å². The summed E-state index contributed by atoms with van der Waals surface area (Å²) in [7, 11) is 0. The number of nitriles is 1. The molecule has 0 aliphatic rings. The zero-order chi connectivity index (χ0) is 13.9. The van der Waals surface area contributed by atoms with Crippen molar-refractivity contribution >= 4 is 0 Å². The quantitative estimate of drug-likeness (QED) is 0.793. The Bertz CT molecular complexity index is 479. The van der Waals surface area contributed by atoms with Crippen molar-refractivity contribution in [1.29, 1.82) is 5.26 Å². The first-order valence-electron chi connectivity index (χ1n) is 4.34. The predicted molar refractivity (Wildman–Crippen MR) is 45.2 cm³/mol. The number of rotatable bonds is 3. The van der Waals surface area contributed by atoms with Gasteiger partial charge in [0, 0.05) is 6.07 Å². The Balaban J connectivity index is 3.27. The minimum absolute atomic E-state index is 0.437. The summed E-state index contributed by atoms with van der Waals surface area (Å²) < 4.78 is 76.9. The smallest absolute Gasteiger partial charge is 0.403 e. The number of ether oxygens (including phenoxy) is 1. The molecule has 0 bridgehead atoms. The maximum atomic E-state index is 13.2. The Labute approximate surface area is 96.6 Å². The van der Waals surface area contributed by atoms with Crippen LogP contribution in [-0.2, 0) is 6.42 Å². The van der Waals surface area contributed by atoms with Crippen LogP contribution in [0.4, 0.5) is 26.3 Å². The lowest BCUT2D eigenvalue weighted by atomic mass is 10.2. The zero-order valence-electron chi connectivity index (χ0n) is 8.43. The minimum Gasteiger partial charge on any atom is -0.403 e. The fourth-order valence-electron chi connectivity index (χ4n) is 1.09. The molecule has 0 spiro atoms. The van der Waals surface area contributed by atoms with Crippen molar-refractivity contribution < 1.29 is 31.1 Å². The average molecular weight is 270 g/mol. The van der Waals surface area contributed by atoms with E-state index in [1.165, 1.54) is 6.07 Å². The topological polar surface area (TPSA) is 45.9 Å². The van der Waals surface area contributed by atoms with Crippen molar-refractivity contribution in [1.82, 2.24) is 4.98 Å². The van der Waals surface area contributed by atoms with Crippen LogP contribution in [0, 0.1) is 17.1 Å². The molecule has 98 valence electrons. The molecule has 0 aliphatic heterocycles. The van der Waals surface area contributed by atoms with Crippen LogP contribution in [0.5, 0.6) is 5.75 Å². The molecule has 0 aromatic carbocycles. The van der Waals surface area contributed by atoms with Crippen molar-refractivity contribution in [2.45, 2.75) is 19.2 Å². The highest BCUT2D eigenvalue weighted by atomic mass is 19.4. The molecule has 1 rings (SSSR count). The fourth-order valence-corrected chi connectivity index (χ4v) is 1.09. The first kappa shape index (κ1) is 14.1. The Kier molecular flexibility index (Phi) is 4.00. The summed E-state index contributed by atoms with van der Waals surface area (Å²) in [5, 5.41) is 8.31. The lowest BCUT2D eigenvalue weighted by Gasteiger charge is -2.12. The van der Waals surface area contributed by atoms with E-state index < -0.39 is 42.2 Å². The van der Waals surface area contributed by atoms with Crippen molar-refractivity contribution in [2.24, 2.45) is 0 Å². The molecule has 0 unspecified atom stereocenters. The summed E-state index contributed by atoms with van der Waals surface area (Å²) in [5.41, 5.74) is -1.92. The number of hydrogen-bond donors (Lipinski definition) is 0. The predicted octanol–water partition coefficient (Wildman–Crippen LogP) is 3.12. The Hall–Kier alpha value is -1.98. The number of halogens is 6. The summed E-state index contributed by atoms with van der Waals surface area (Å²) in [5.74, 6) is -3.33. The van der Waals surface area contributed by atoms with Gasteiger partial charge >= 0.3 is 6.36 Å². The highest BCUT2D eigenvalue weighted by molar-refractivity contribution is 5.31. The molecule has 1 heterocycles. The van der Waals surface area contributed by atoms with Crippen LogP contribution in [-0.4, -0.2) is 11.3 Å². The van der Waals surface area contributed by atoms with E-state index in [0.717, 1.165) is 0 Å². The van der Waals surface area contributed by atoms with Gasteiger partial charge in [0.1, 0.15) is 5.69 Å². The number of nitrogens with zero attached hydrogens (tertiary/aromatic N) is 2. The van der Waals surface area contributed by atoms with E-state index >= 15 is 0 Å². The Morgan fingerprint density at radius 1 is 1.39 bits per heavy atom. The molecule has 1 aromatic heterocycles. The molecule has 0 saturated heterocycles. The van der Waals surface area contributed by atoms with Crippen molar-refractivity contribution in [3.8, 4) is 11.8 Å². The molecular formula is C9H4F6N2O. The number of aromatic nitrogens is 1. The van der Waals surface area contributed by atoms with Crippen LogP contribution in [0.15, 0.2) is 6.07 Å². The zero-order valence-corrected chi connectivity index (χ0v) is 8.43. The normalized spacial score (nSPS) is 11.4. The van der Waals surface area contributed by atoms with Crippen LogP contribution in [0.2, 0.25) is 0 Å². The molecular weight excluding hydrogens is 266 g/mol. The van der Waals surface area contributed by atoms with Gasteiger partial charge in [-0.25, -0.2) is 18.2 Å². The second kappa shape index (κ2) is 5.12. The molecule has 0 saturated carbocycles. The van der Waals surface area contributed by atoms with Gasteiger partial charge in [0.25, 0.3) is 6.43 Å². The first-order chi connectivity index (χ1) is 8.24. The summed E-state index contributed by atoms with van der Waals surface area (Å²) in [6.45, 7) is 0. The third-order valence-corrected chi connectivity index (χ3v) is 1.70. The molecule has 1 aromatic rings. The third kappa shape index (κ3) is 3.51. The third-order valence-electron chi connectivity index (χ3n) is 1.70. The molecule has 0 aliphatic carbocycles. The lowest BCUT2D eigenvalue weighted by Crippen LogP contribution is -2.19. The molecule has 0 amide bonds. The molecule has 0 N–H and O–H groups in total. The summed E-state index contributed by atoms with van der Waals surface area (Å²) in [6, 6.07) is 1.95. The van der Waals surface area contributed by atoms with E-state index in [-0.39, 0.29) is 0 Å². The monoisotopic (exact) mass is 270 g/mol. The van der Waals surface area contributed by atoms with Gasteiger partial charge in [0.15, 0.2) is 11.6 Å². The van der Waals surface area contributed by atoms with Gasteiger partial charge < -0.3 is 4.74 Å². The van der Waals surface area contributed by atoms with Crippen LogP contribution in [0.1, 0.15) is 17.8 Å². The minimum atomic E-state index is -5.23. The second-order valence-electron chi connectivity index (χ2n) is 2.99. The molecule has 0 fully saturated rings. The van der Waals surface area contributed by atoms with E-state index in [1.54, 1.807) is 0 Å². The summed E-state index contributed by atoms with van der Waals surface area (Å²) in [6.07, 6.45) is -9.20. The SMILES string of the molecule is N#CCc1cc(OC(F)(F)F)c(F)c(C(F)F)n1. The molecule has 0 atom stereocenters. The molecule has 9 heteroatoms. The molecule has 18 heavy (non-hydrogen) atoms. The summed E-state index contributed by atoms with van der Waals surface area (Å²) >= 11 is 0. The second-order valence-corrected chi connectivity index (χ2v) is 2.99. The van der Waals surface area contributed by atoms with Gasteiger partial charge in [-0.05, 0) is 0 Å². The number of pyridine rings is 1. The van der Waals surface area contributed by atoms with Gasteiger partial charge in [0.2, 0.25) is 0 Å². The average Bonchev–Trinajstić information content (AvgIpc) is 2.20. The molecule has 3 nitrogen and oxygen atoms in total. The van der Waals surface area contributed by atoms with Gasteiger partial charge in [-0.1, -0.05) is 0 Å². The first-order valence-corrected chi connectivity index (χ1v) is 4.34. The highest BCUT2D eigenvalue weighted by Crippen LogP contribution is 2.31. The largest absolute Gasteiger partial charge is 0.573 e. The maximum Gasteiger partial charge on any atom is 0.573 e. The van der Waals surface area contributed by atoms with Crippen LogP contribution in [0.25, 0.3) is 0 Å². The fraction of sp³-hybridized carbons (Fsp3) is 0.333. The van der Waals surface area contributed by atoms with Gasteiger partial charge in [-0.2, -0.15) is 5.26 Å². The van der Waals surface area contributed by atoms with Crippen LogP contribution in [0.3, 0.4) is 0 Å². The van der Waals surface area contributed by atoms with Gasteiger partial charge in [-0.15, -0.1) is 13.2 Å². The lowest BCUT2D eigenvalue weighted by molar-refractivity contribution is -0.275. The number of alkyl halides is 5. The van der Waals surface area contributed by atoms with Crippen LogP contribution >= 0.6 is 0 Å². The van der Waals surface area contributed by atoms with E-state index in [1.807, 2.05) is 0 Å².